The molecule has 5 nitrogen and oxygen atoms in total. The van der Waals surface area contributed by atoms with E-state index in [2.05, 4.69) is 10.3 Å². The zero-order valence-electron chi connectivity index (χ0n) is 15.2. The number of benzene rings is 1. The quantitative estimate of drug-likeness (QED) is 0.847. The molecule has 1 aromatic carbocycles. The van der Waals surface area contributed by atoms with Gasteiger partial charge in [-0.2, -0.15) is 0 Å². The third-order valence-corrected chi connectivity index (χ3v) is 6.19. The number of rotatable bonds is 5. The minimum atomic E-state index is -0.822. The number of nitrogens with one attached hydrogen (secondary N) is 1. The van der Waals surface area contributed by atoms with Crippen molar-refractivity contribution in [3.05, 3.63) is 59.9 Å². The van der Waals surface area contributed by atoms with E-state index in [0.29, 0.717) is 0 Å². The molecule has 2 N–H and O–H groups in total. The molecule has 1 aromatic heterocycles. The number of amides is 1. The van der Waals surface area contributed by atoms with Crippen molar-refractivity contribution >= 4 is 17.6 Å². The first-order chi connectivity index (χ1) is 13.1. The summed E-state index contributed by atoms with van der Waals surface area (Å²) in [4.78, 5) is 28.6. The molecule has 1 heterocycles. The average Bonchev–Trinajstić information content (AvgIpc) is 2.70. The van der Waals surface area contributed by atoms with E-state index in [-0.39, 0.29) is 17.7 Å². The lowest BCUT2D eigenvalue weighted by Gasteiger charge is -2.45. The van der Waals surface area contributed by atoms with E-state index in [1.807, 2.05) is 36.4 Å². The van der Waals surface area contributed by atoms with Crippen LogP contribution in [-0.2, 0) is 16.0 Å². The molecule has 27 heavy (non-hydrogen) atoms. The Balaban J connectivity index is 1.44. The van der Waals surface area contributed by atoms with Gasteiger partial charge in [-0.3, -0.25) is 14.6 Å². The first kappa shape index (κ1) is 17.7. The Hall–Kier alpha value is -2.69. The maximum Gasteiger partial charge on any atom is 0.307 e. The topological polar surface area (TPSA) is 79.3 Å². The number of anilines is 1. The number of carbonyl (C=O) groups excluding carboxylic acids is 1. The smallest absolute Gasteiger partial charge is 0.307 e. The summed E-state index contributed by atoms with van der Waals surface area (Å²) in [6.45, 7) is 0. The highest BCUT2D eigenvalue weighted by molar-refractivity contribution is 5.95. The normalized spacial score (nSPS) is 26.5. The van der Waals surface area contributed by atoms with Crippen molar-refractivity contribution in [2.24, 2.45) is 23.7 Å². The summed E-state index contributed by atoms with van der Waals surface area (Å²) in [5.41, 5.74) is 3.06. The number of hydrogen-bond acceptors (Lipinski definition) is 3. The van der Waals surface area contributed by atoms with E-state index in [4.69, 9.17) is 0 Å². The van der Waals surface area contributed by atoms with Crippen LogP contribution < -0.4 is 5.32 Å². The molecule has 2 bridgehead atoms. The zero-order valence-corrected chi connectivity index (χ0v) is 15.2. The van der Waals surface area contributed by atoms with Crippen LogP contribution in [0.15, 0.2) is 48.8 Å². The molecule has 0 spiro atoms. The highest BCUT2D eigenvalue weighted by Gasteiger charge is 2.50. The van der Waals surface area contributed by atoms with Crippen molar-refractivity contribution < 1.29 is 14.7 Å². The van der Waals surface area contributed by atoms with Crippen LogP contribution >= 0.6 is 0 Å². The second-order valence-corrected chi connectivity index (χ2v) is 7.78. The molecule has 3 fully saturated rings. The summed E-state index contributed by atoms with van der Waals surface area (Å²) in [6, 6.07) is 11.8. The number of carboxylic acids is 1. The standard InChI is InChI=1S/C22H24N2O3/c25-21(19-16-3-5-17(6-4-16)20(19)22(26)27)24-18-7-1-14(2-8-18)13-15-9-11-23-12-10-15/h1-2,7-12,16-17,19-20H,3-6,13H2,(H,24,25)(H,26,27)/t16?,17?,19-,20-/m1/s1. The predicted molar refractivity (Wildman–Crippen MR) is 102 cm³/mol. The molecule has 0 aliphatic heterocycles. The van der Waals surface area contributed by atoms with E-state index in [9.17, 15) is 14.7 Å². The van der Waals surface area contributed by atoms with Gasteiger partial charge >= 0.3 is 5.97 Å². The third kappa shape index (κ3) is 3.72. The summed E-state index contributed by atoms with van der Waals surface area (Å²) >= 11 is 0. The van der Waals surface area contributed by atoms with E-state index in [0.717, 1.165) is 43.4 Å². The molecule has 5 heteroatoms. The van der Waals surface area contributed by atoms with Crippen LogP contribution in [0.2, 0.25) is 0 Å². The molecule has 0 unspecified atom stereocenters. The van der Waals surface area contributed by atoms with Crippen molar-refractivity contribution in [2.75, 3.05) is 5.32 Å². The highest BCUT2D eigenvalue weighted by atomic mass is 16.4. The van der Waals surface area contributed by atoms with Crippen molar-refractivity contribution in [3.8, 4) is 0 Å². The van der Waals surface area contributed by atoms with E-state index < -0.39 is 17.8 Å². The van der Waals surface area contributed by atoms with Gasteiger partial charge in [0.2, 0.25) is 5.91 Å². The lowest BCUT2D eigenvalue weighted by molar-refractivity contribution is -0.156. The van der Waals surface area contributed by atoms with Crippen LogP contribution in [0.3, 0.4) is 0 Å². The molecule has 1 amide bonds. The molecular weight excluding hydrogens is 340 g/mol. The first-order valence-electron chi connectivity index (χ1n) is 9.63. The Labute approximate surface area is 158 Å². The fourth-order valence-electron chi connectivity index (χ4n) is 4.85. The molecule has 2 aromatic rings. The summed E-state index contributed by atoms with van der Waals surface area (Å²) in [7, 11) is 0. The SMILES string of the molecule is O=C(O)[C@@H]1C2CCC(CC2)[C@H]1C(=O)Nc1ccc(Cc2ccncc2)cc1. The van der Waals surface area contributed by atoms with E-state index in [1.54, 1.807) is 12.4 Å². The first-order valence-corrected chi connectivity index (χ1v) is 9.63. The van der Waals surface area contributed by atoms with Crippen LogP contribution in [0, 0.1) is 23.7 Å². The molecule has 3 aliphatic rings. The molecule has 5 rings (SSSR count). The Kier molecular flexibility index (Phi) is 4.92. The molecule has 0 saturated heterocycles. The van der Waals surface area contributed by atoms with Gasteiger partial charge in [0.1, 0.15) is 0 Å². The second kappa shape index (κ2) is 7.51. The number of pyridine rings is 1. The Morgan fingerprint density at radius 1 is 0.889 bits per heavy atom. The number of hydrogen-bond donors (Lipinski definition) is 2. The van der Waals surface area contributed by atoms with E-state index in [1.165, 1.54) is 5.56 Å². The predicted octanol–water partition coefficient (Wildman–Crippen LogP) is 3.75. The van der Waals surface area contributed by atoms with Crippen LogP contribution in [-0.4, -0.2) is 22.0 Å². The molecule has 2 atom stereocenters. The summed E-state index contributed by atoms with van der Waals surface area (Å²) < 4.78 is 0. The lowest BCUT2D eigenvalue weighted by atomic mass is 9.58. The van der Waals surface area contributed by atoms with Gasteiger partial charge in [0.15, 0.2) is 0 Å². The van der Waals surface area contributed by atoms with Gasteiger partial charge in [-0.1, -0.05) is 12.1 Å². The molecule has 0 radical (unpaired) electrons. The zero-order chi connectivity index (χ0) is 18.8. The van der Waals surface area contributed by atoms with Crippen LogP contribution in [0.1, 0.15) is 36.8 Å². The number of fused-ring (bicyclic) bond motifs is 3. The van der Waals surface area contributed by atoms with Crippen LogP contribution in [0.4, 0.5) is 5.69 Å². The van der Waals surface area contributed by atoms with Gasteiger partial charge in [0, 0.05) is 18.1 Å². The maximum atomic E-state index is 12.9. The van der Waals surface area contributed by atoms with Gasteiger partial charge in [-0.25, -0.2) is 0 Å². The van der Waals surface area contributed by atoms with Gasteiger partial charge < -0.3 is 10.4 Å². The minimum Gasteiger partial charge on any atom is -0.481 e. The van der Waals surface area contributed by atoms with Gasteiger partial charge in [-0.05, 0) is 79.3 Å². The number of carbonyl (C=O) groups is 2. The van der Waals surface area contributed by atoms with Crippen LogP contribution in [0.25, 0.3) is 0 Å². The largest absolute Gasteiger partial charge is 0.481 e. The monoisotopic (exact) mass is 364 g/mol. The number of aromatic nitrogens is 1. The Bertz CT molecular complexity index is 811. The fourth-order valence-corrected chi connectivity index (χ4v) is 4.85. The summed E-state index contributed by atoms with van der Waals surface area (Å²) in [5, 5.41) is 12.6. The third-order valence-electron chi connectivity index (χ3n) is 6.19. The summed E-state index contributed by atoms with van der Waals surface area (Å²) in [6.07, 6.45) is 8.19. The number of carboxylic acid groups (broad SMARTS) is 1. The Morgan fingerprint density at radius 2 is 1.44 bits per heavy atom. The lowest BCUT2D eigenvalue weighted by Crippen LogP contribution is -2.49. The van der Waals surface area contributed by atoms with Crippen molar-refractivity contribution in [3.63, 3.8) is 0 Å². The molecule has 140 valence electrons. The molecular formula is C22H24N2O3. The van der Waals surface area contributed by atoms with Crippen molar-refractivity contribution in [1.82, 2.24) is 4.98 Å². The molecule has 3 aliphatic carbocycles. The van der Waals surface area contributed by atoms with E-state index >= 15 is 0 Å². The summed E-state index contributed by atoms with van der Waals surface area (Å²) in [5.74, 6) is -1.57. The fraction of sp³-hybridized carbons (Fsp3) is 0.409. The van der Waals surface area contributed by atoms with Crippen molar-refractivity contribution in [1.29, 1.82) is 0 Å². The van der Waals surface area contributed by atoms with Gasteiger partial charge in [0.25, 0.3) is 0 Å². The maximum absolute atomic E-state index is 12.9. The molecule has 3 saturated carbocycles. The average molecular weight is 364 g/mol. The van der Waals surface area contributed by atoms with Gasteiger partial charge in [0.05, 0.1) is 11.8 Å². The number of aliphatic carboxylic acids is 1. The van der Waals surface area contributed by atoms with Gasteiger partial charge in [-0.15, -0.1) is 0 Å². The Morgan fingerprint density at radius 3 is 2.04 bits per heavy atom. The van der Waals surface area contributed by atoms with Crippen molar-refractivity contribution in [2.45, 2.75) is 32.1 Å². The number of nitrogens with zero attached hydrogens (tertiary/aromatic N) is 1. The van der Waals surface area contributed by atoms with Crippen LogP contribution in [0.5, 0.6) is 0 Å². The highest BCUT2D eigenvalue weighted by Crippen LogP contribution is 2.49. The minimum absolute atomic E-state index is 0.140. The second-order valence-electron chi connectivity index (χ2n) is 7.78.